The molecular formula is C32H48O8S. The van der Waals surface area contributed by atoms with Gasteiger partial charge in [0.05, 0.1) is 6.10 Å². The fourth-order valence-corrected chi connectivity index (χ4v) is 6.11. The van der Waals surface area contributed by atoms with E-state index in [1.165, 1.54) is 76.3 Å². The lowest BCUT2D eigenvalue weighted by molar-refractivity contribution is -0.267. The first kappa shape index (κ1) is 33.6. The minimum Gasteiger partial charge on any atom is -0.462 e. The van der Waals surface area contributed by atoms with Crippen LogP contribution in [0.15, 0.2) is 33.5 Å². The lowest BCUT2D eigenvalue weighted by Crippen LogP contribution is -2.59. The number of aliphatic hydroxyl groups excluding tert-OH is 3. The van der Waals surface area contributed by atoms with Crippen molar-refractivity contribution < 1.29 is 34.0 Å². The molecule has 0 radical (unpaired) electrons. The largest absolute Gasteiger partial charge is 0.462 e. The van der Waals surface area contributed by atoms with E-state index in [0.717, 1.165) is 42.0 Å². The van der Waals surface area contributed by atoms with Crippen molar-refractivity contribution in [1.82, 2.24) is 0 Å². The molecule has 2 aromatic rings. The smallest absolute Gasteiger partial charge is 0.336 e. The van der Waals surface area contributed by atoms with E-state index in [-0.39, 0.29) is 16.6 Å². The second kappa shape index (κ2) is 17.9. The van der Waals surface area contributed by atoms with Crippen LogP contribution in [0.25, 0.3) is 11.0 Å². The van der Waals surface area contributed by atoms with E-state index in [1.807, 2.05) is 0 Å². The molecule has 1 fully saturated rings. The summed E-state index contributed by atoms with van der Waals surface area (Å²) in [4.78, 5) is 24.2. The molecule has 1 aliphatic rings. The van der Waals surface area contributed by atoms with Crippen molar-refractivity contribution in [2.45, 2.75) is 134 Å². The number of carbonyl (C=O) groups is 1. The molecule has 3 rings (SSSR count). The number of thioether (sulfide) groups is 1. The number of hydrogen-bond donors (Lipinski definition) is 3. The van der Waals surface area contributed by atoms with Gasteiger partial charge in [-0.3, -0.25) is 4.79 Å². The van der Waals surface area contributed by atoms with Crippen LogP contribution in [0.5, 0.6) is 5.75 Å². The molecule has 1 aliphatic heterocycles. The molecule has 0 aliphatic carbocycles. The SMILES string of the molecule is CCCCCCCCCCCCCCCC(=O)SC[C@@H]1O[C@H](Oc2ccc3c(C)cc(=O)oc3c2)[C@@H](O)[C@H](O)[C@H]1O. The summed E-state index contributed by atoms with van der Waals surface area (Å²) < 4.78 is 16.8. The van der Waals surface area contributed by atoms with Crippen LogP contribution in [-0.2, 0) is 9.53 Å². The third-order valence-electron chi connectivity index (χ3n) is 7.74. The summed E-state index contributed by atoms with van der Waals surface area (Å²) in [6.45, 7) is 4.05. The van der Waals surface area contributed by atoms with Gasteiger partial charge in [0.1, 0.15) is 29.6 Å². The second-order valence-electron chi connectivity index (χ2n) is 11.2. The fraction of sp³-hybridized carbons (Fsp3) is 0.688. The van der Waals surface area contributed by atoms with Crippen molar-refractivity contribution in [3.63, 3.8) is 0 Å². The molecule has 3 N–H and O–H groups in total. The molecule has 5 atom stereocenters. The summed E-state index contributed by atoms with van der Waals surface area (Å²) in [6.07, 6.45) is 10.1. The van der Waals surface area contributed by atoms with Crippen LogP contribution in [0.2, 0.25) is 0 Å². The molecule has 1 aromatic carbocycles. The van der Waals surface area contributed by atoms with Crippen LogP contribution >= 0.6 is 11.8 Å². The Kier molecular flexibility index (Phi) is 14.7. The molecule has 0 saturated carbocycles. The first-order valence-corrected chi connectivity index (χ1v) is 16.3. The molecule has 230 valence electrons. The minimum absolute atomic E-state index is 0.0156. The van der Waals surface area contributed by atoms with Crippen molar-refractivity contribution in [2.24, 2.45) is 0 Å². The molecule has 2 heterocycles. The zero-order valence-corrected chi connectivity index (χ0v) is 25.4. The first-order valence-electron chi connectivity index (χ1n) is 15.4. The van der Waals surface area contributed by atoms with Crippen molar-refractivity contribution >= 4 is 27.8 Å². The Morgan fingerprint density at radius 2 is 1.46 bits per heavy atom. The number of carbonyl (C=O) groups excluding carboxylic acids is 1. The number of benzene rings is 1. The Labute approximate surface area is 247 Å². The van der Waals surface area contributed by atoms with Gasteiger partial charge in [-0.05, 0) is 31.0 Å². The van der Waals surface area contributed by atoms with Gasteiger partial charge in [0.2, 0.25) is 6.29 Å². The van der Waals surface area contributed by atoms with E-state index in [9.17, 15) is 24.9 Å². The number of hydrogen-bond acceptors (Lipinski definition) is 9. The number of ether oxygens (including phenoxy) is 2. The fourth-order valence-electron chi connectivity index (χ4n) is 5.20. The Morgan fingerprint density at radius 1 is 0.854 bits per heavy atom. The van der Waals surface area contributed by atoms with Crippen molar-refractivity contribution in [1.29, 1.82) is 0 Å². The number of fused-ring (bicyclic) bond motifs is 1. The third-order valence-corrected chi connectivity index (χ3v) is 8.76. The highest BCUT2D eigenvalue weighted by Gasteiger charge is 2.45. The molecule has 9 heteroatoms. The lowest BCUT2D eigenvalue weighted by Gasteiger charge is -2.40. The Hall–Kier alpha value is -1.91. The van der Waals surface area contributed by atoms with Gasteiger partial charge in [-0.15, -0.1) is 0 Å². The zero-order valence-electron chi connectivity index (χ0n) is 24.6. The maximum absolute atomic E-state index is 12.4. The van der Waals surface area contributed by atoms with E-state index < -0.39 is 36.3 Å². The number of aryl methyl sites for hydroxylation is 1. The van der Waals surface area contributed by atoms with E-state index >= 15 is 0 Å². The molecule has 0 spiro atoms. The van der Waals surface area contributed by atoms with Gasteiger partial charge in [-0.1, -0.05) is 95.7 Å². The molecule has 0 amide bonds. The topological polar surface area (TPSA) is 126 Å². The minimum atomic E-state index is -1.51. The Morgan fingerprint density at radius 3 is 2.10 bits per heavy atom. The molecule has 1 saturated heterocycles. The molecule has 1 aromatic heterocycles. The monoisotopic (exact) mass is 592 g/mol. The van der Waals surface area contributed by atoms with E-state index in [2.05, 4.69) is 6.92 Å². The average Bonchev–Trinajstić information content (AvgIpc) is 2.94. The van der Waals surface area contributed by atoms with Crippen molar-refractivity contribution in [2.75, 3.05) is 5.75 Å². The van der Waals surface area contributed by atoms with Crippen molar-refractivity contribution in [3.05, 3.63) is 40.2 Å². The summed E-state index contributed by atoms with van der Waals surface area (Å²) in [5.41, 5.74) is 0.598. The molecule has 8 nitrogen and oxygen atoms in total. The van der Waals surface area contributed by atoms with Crippen LogP contribution in [0.1, 0.15) is 102 Å². The molecule has 0 bridgehead atoms. The normalized spacial score (nSPS) is 22.7. The summed E-state index contributed by atoms with van der Waals surface area (Å²) >= 11 is 1.07. The van der Waals surface area contributed by atoms with Gasteiger partial charge < -0.3 is 29.2 Å². The van der Waals surface area contributed by atoms with E-state index in [1.54, 1.807) is 19.1 Å². The quantitative estimate of drug-likeness (QED) is 0.140. The van der Waals surface area contributed by atoms with Gasteiger partial charge >= 0.3 is 5.63 Å². The van der Waals surface area contributed by atoms with Crippen LogP contribution < -0.4 is 10.4 Å². The number of unbranched alkanes of at least 4 members (excludes halogenated alkanes) is 12. The standard InChI is InChI=1S/C32H48O8S/c1-3-4-5-6-7-8-9-10-11-12-13-14-15-16-28(34)41-21-26-29(35)30(36)31(37)32(40-26)38-23-17-18-24-22(2)19-27(33)39-25(24)20-23/h17-20,26,29-32,35-37H,3-16,21H2,1-2H3/t26-,29-,30+,31-,32-/m0/s1. The highest BCUT2D eigenvalue weighted by Crippen LogP contribution is 2.29. The summed E-state index contributed by atoms with van der Waals surface area (Å²) in [5.74, 6) is 0.400. The van der Waals surface area contributed by atoms with Gasteiger partial charge in [0.15, 0.2) is 5.12 Å². The highest BCUT2D eigenvalue weighted by atomic mass is 32.2. The third kappa shape index (κ3) is 11.0. The van der Waals surface area contributed by atoms with Gasteiger partial charge in [-0.2, -0.15) is 0 Å². The van der Waals surface area contributed by atoms with Crippen LogP contribution in [0, 0.1) is 6.92 Å². The van der Waals surface area contributed by atoms with Crippen LogP contribution in [-0.4, -0.2) is 56.9 Å². The number of aliphatic hydroxyl groups is 3. The highest BCUT2D eigenvalue weighted by molar-refractivity contribution is 8.13. The maximum Gasteiger partial charge on any atom is 0.336 e. The predicted molar refractivity (Wildman–Crippen MR) is 162 cm³/mol. The molecule has 0 unspecified atom stereocenters. The van der Waals surface area contributed by atoms with E-state index in [0.29, 0.717) is 12.0 Å². The first-order chi connectivity index (χ1) is 19.8. The zero-order chi connectivity index (χ0) is 29.6. The second-order valence-corrected chi connectivity index (χ2v) is 12.3. The van der Waals surface area contributed by atoms with Crippen LogP contribution in [0.3, 0.4) is 0 Å². The summed E-state index contributed by atoms with van der Waals surface area (Å²) in [7, 11) is 0. The Bertz CT molecular complexity index is 1120. The maximum atomic E-state index is 12.4. The number of rotatable bonds is 18. The van der Waals surface area contributed by atoms with Crippen LogP contribution in [0.4, 0.5) is 0 Å². The summed E-state index contributed by atoms with van der Waals surface area (Å²) in [6, 6.07) is 6.29. The van der Waals surface area contributed by atoms with Gasteiger partial charge in [0, 0.05) is 29.7 Å². The molecule has 41 heavy (non-hydrogen) atoms. The van der Waals surface area contributed by atoms with Gasteiger partial charge in [-0.25, -0.2) is 4.79 Å². The predicted octanol–water partition coefficient (Wildman–Crippen LogP) is 6.03. The average molecular weight is 593 g/mol. The van der Waals surface area contributed by atoms with Crippen molar-refractivity contribution in [3.8, 4) is 5.75 Å². The summed E-state index contributed by atoms with van der Waals surface area (Å²) in [5, 5.41) is 32.0. The van der Waals surface area contributed by atoms with Gasteiger partial charge in [0.25, 0.3) is 0 Å². The van der Waals surface area contributed by atoms with E-state index in [4.69, 9.17) is 13.9 Å². The lowest BCUT2D eigenvalue weighted by atomic mass is 10.00. The Balaban J connectivity index is 1.34. The molecular weight excluding hydrogens is 544 g/mol.